The molecule has 0 saturated carbocycles. The Balaban J connectivity index is 3.05. The minimum absolute atomic E-state index is 0.0680. The van der Waals surface area contributed by atoms with E-state index in [4.69, 9.17) is 5.26 Å². The molecule has 0 spiro atoms. The summed E-state index contributed by atoms with van der Waals surface area (Å²) in [7, 11) is 0. The monoisotopic (exact) mass is 334 g/mol. The van der Waals surface area contributed by atoms with Crippen molar-refractivity contribution in [3.8, 4) is 6.07 Å². The summed E-state index contributed by atoms with van der Waals surface area (Å²) in [5, 5.41) is 11.3. The summed E-state index contributed by atoms with van der Waals surface area (Å²) in [6.07, 6.45) is -4.00. The van der Waals surface area contributed by atoms with Crippen molar-refractivity contribution >= 4 is 27.5 Å². The molecule has 3 nitrogen and oxygen atoms in total. The molecule has 0 fully saturated rings. The summed E-state index contributed by atoms with van der Waals surface area (Å²) in [6.45, 7) is 1.77. The van der Waals surface area contributed by atoms with Crippen LogP contribution in [0.2, 0.25) is 0 Å². The molecule has 0 saturated heterocycles. The first-order valence-corrected chi connectivity index (χ1v) is 6.27. The lowest BCUT2D eigenvalue weighted by atomic mass is 10.1. The molecule has 102 valence electrons. The van der Waals surface area contributed by atoms with Crippen LogP contribution in [0.1, 0.15) is 24.5 Å². The van der Waals surface area contributed by atoms with E-state index in [9.17, 15) is 18.0 Å². The zero-order valence-corrected chi connectivity index (χ0v) is 11.5. The summed E-state index contributed by atoms with van der Waals surface area (Å²) >= 11 is 3.12. The molecule has 1 amide bonds. The van der Waals surface area contributed by atoms with Gasteiger partial charge < -0.3 is 5.32 Å². The van der Waals surface area contributed by atoms with Crippen molar-refractivity contribution in [3.05, 3.63) is 29.3 Å². The maximum absolute atomic E-state index is 12.5. The Morgan fingerprint density at radius 1 is 1.53 bits per heavy atom. The first-order chi connectivity index (χ1) is 8.79. The third-order valence-electron chi connectivity index (χ3n) is 2.37. The number of hydrogen-bond acceptors (Lipinski definition) is 2. The van der Waals surface area contributed by atoms with Gasteiger partial charge in [-0.15, -0.1) is 0 Å². The zero-order chi connectivity index (χ0) is 14.6. The number of benzene rings is 1. The molecule has 0 aliphatic rings. The number of carbonyl (C=O) groups excluding carboxylic acids is 1. The van der Waals surface area contributed by atoms with Gasteiger partial charge in [0.15, 0.2) is 0 Å². The first kappa shape index (κ1) is 15.5. The first-order valence-electron chi connectivity index (χ1n) is 5.35. The van der Waals surface area contributed by atoms with E-state index in [1.54, 1.807) is 13.0 Å². The topological polar surface area (TPSA) is 52.9 Å². The van der Waals surface area contributed by atoms with Gasteiger partial charge in [0.05, 0.1) is 21.6 Å². The van der Waals surface area contributed by atoms with E-state index in [1.807, 2.05) is 0 Å². The molecule has 1 unspecified atom stereocenters. The van der Waals surface area contributed by atoms with Crippen LogP contribution in [0.4, 0.5) is 18.9 Å². The summed E-state index contributed by atoms with van der Waals surface area (Å²) < 4.78 is 37.4. The Morgan fingerprint density at radius 3 is 2.63 bits per heavy atom. The van der Waals surface area contributed by atoms with E-state index in [-0.39, 0.29) is 11.3 Å². The number of halogens is 4. The summed E-state index contributed by atoms with van der Waals surface area (Å²) in [5.74, 6) is -0.404. The molecule has 1 rings (SSSR count). The molecule has 7 heteroatoms. The number of rotatable bonds is 3. The molecule has 0 aromatic heterocycles. The predicted octanol–water partition coefficient (Wildman–Crippen LogP) is 3.69. The molecule has 1 aromatic rings. The minimum atomic E-state index is -4.52. The van der Waals surface area contributed by atoms with Crippen LogP contribution in [0.5, 0.6) is 0 Å². The van der Waals surface area contributed by atoms with Crippen molar-refractivity contribution in [1.29, 1.82) is 5.26 Å². The van der Waals surface area contributed by atoms with E-state index >= 15 is 0 Å². The Kier molecular flexibility index (Phi) is 4.95. The van der Waals surface area contributed by atoms with Crippen LogP contribution in [-0.2, 0) is 11.0 Å². The molecule has 1 atom stereocenters. The number of hydrogen-bond donors (Lipinski definition) is 1. The van der Waals surface area contributed by atoms with Gasteiger partial charge in [-0.1, -0.05) is 22.9 Å². The quantitative estimate of drug-likeness (QED) is 0.857. The molecule has 0 aliphatic carbocycles. The lowest BCUT2D eigenvalue weighted by Crippen LogP contribution is -2.22. The predicted molar refractivity (Wildman–Crippen MR) is 67.8 cm³/mol. The third-order valence-corrected chi connectivity index (χ3v) is 3.43. The summed E-state index contributed by atoms with van der Waals surface area (Å²) in [6, 6.07) is 4.26. The maximum atomic E-state index is 12.5. The van der Waals surface area contributed by atoms with Crippen molar-refractivity contribution < 1.29 is 18.0 Å². The fourth-order valence-corrected chi connectivity index (χ4v) is 1.43. The highest BCUT2D eigenvalue weighted by atomic mass is 79.9. The fraction of sp³-hybridized carbons (Fsp3) is 0.333. The van der Waals surface area contributed by atoms with Crippen molar-refractivity contribution in [2.45, 2.75) is 24.3 Å². The average Bonchev–Trinajstić information content (AvgIpc) is 2.36. The number of alkyl halides is 4. The molecule has 1 aromatic carbocycles. The Hall–Kier alpha value is -1.55. The van der Waals surface area contributed by atoms with Crippen molar-refractivity contribution in [1.82, 2.24) is 0 Å². The normalized spacial score (nSPS) is 12.6. The van der Waals surface area contributed by atoms with Gasteiger partial charge in [-0.3, -0.25) is 4.79 Å². The standard InChI is InChI=1S/C12H10BrF3N2O/c1-2-9(13)11(19)18-10-4-3-8(12(14,15)16)5-7(10)6-17/h3-5,9H,2H2,1H3,(H,18,19). The van der Waals surface area contributed by atoms with Crippen molar-refractivity contribution in [2.75, 3.05) is 5.32 Å². The van der Waals surface area contributed by atoms with Gasteiger partial charge in [-0.25, -0.2) is 0 Å². The molecular weight excluding hydrogens is 325 g/mol. The van der Waals surface area contributed by atoms with Gasteiger partial charge >= 0.3 is 6.18 Å². The largest absolute Gasteiger partial charge is 0.416 e. The lowest BCUT2D eigenvalue weighted by Gasteiger charge is -2.12. The fourth-order valence-electron chi connectivity index (χ4n) is 1.32. The molecule has 19 heavy (non-hydrogen) atoms. The van der Waals surface area contributed by atoms with Gasteiger partial charge in [-0.2, -0.15) is 18.4 Å². The molecule has 0 heterocycles. The Morgan fingerprint density at radius 2 is 2.16 bits per heavy atom. The van der Waals surface area contributed by atoms with Gasteiger partial charge in [0.1, 0.15) is 6.07 Å². The number of carbonyl (C=O) groups is 1. The zero-order valence-electron chi connectivity index (χ0n) is 9.88. The number of amides is 1. The molecular formula is C12H10BrF3N2O. The summed E-state index contributed by atoms with van der Waals surface area (Å²) in [4.78, 5) is 11.1. The van der Waals surface area contributed by atoms with Crippen LogP contribution in [0.15, 0.2) is 18.2 Å². The number of nitriles is 1. The van der Waals surface area contributed by atoms with Crippen LogP contribution < -0.4 is 5.32 Å². The van der Waals surface area contributed by atoms with Crippen LogP contribution in [0.3, 0.4) is 0 Å². The van der Waals surface area contributed by atoms with Gasteiger partial charge in [0.25, 0.3) is 0 Å². The van der Waals surface area contributed by atoms with Gasteiger partial charge in [0, 0.05) is 0 Å². The number of anilines is 1. The van der Waals surface area contributed by atoms with Crippen molar-refractivity contribution in [3.63, 3.8) is 0 Å². The SMILES string of the molecule is CCC(Br)C(=O)Nc1ccc(C(F)(F)F)cc1C#N. The second-order valence-corrected chi connectivity index (χ2v) is 4.84. The van der Waals surface area contributed by atoms with Crippen LogP contribution in [0.25, 0.3) is 0 Å². The Bertz CT molecular complexity index is 523. The maximum Gasteiger partial charge on any atom is 0.416 e. The third kappa shape index (κ3) is 3.96. The molecule has 0 aliphatic heterocycles. The van der Waals surface area contributed by atoms with Gasteiger partial charge in [-0.05, 0) is 24.6 Å². The molecule has 1 N–H and O–H groups in total. The van der Waals surface area contributed by atoms with E-state index in [1.165, 1.54) is 0 Å². The van der Waals surface area contributed by atoms with Crippen LogP contribution in [0, 0.1) is 11.3 Å². The molecule has 0 bridgehead atoms. The molecule has 0 radical (unpaired) electrons. The highest BCUT2D eigenvalue weighted by molar-refractivity contribution is 9.10. The minimum Gasteiger partial charge on any atom is -0.324 e. The second kappa shape index (κ2) is 6.06. The van der Waals surface area contributed by atoms with Crippen LogP contribution >= 0.6 is 15.9 Å². The number of nitrogens with one attached hydrogen (secondary N) is 1. The van der Waals surface area contributed by atoms with E-state index in [2.05, 4.69) is 21.2 Å². The second-order valence-electron chi connectivity index (χ2n) is 3.73. The smallest absolute Gasteiger partial charge is 0.324 e. The van der Waals surface area contributed by atoms with E-state index in [0.29, 0.717) is 12.5 Å². The van der Waals surface area contributed by atoms with E-state index < -0.39 is 22.5 Å². The van der Waals surface area contributed by atoms with Gasteiger partial charge in [0.2, 0.25) is 5.91 Å². The summed E-state index contributed by atoms with van der Waals surface area (Å²) in [5.41, 5.74) is -1.08. The highest BCUT2D eigenvalue weighted by Gasteiger charge is 2.31. The average molecular weight is 335 g/mol. The lowest BCUT2D eigenvalue weighted by molar-refractivity contribution is -0.137. The van der Waals surface area contributed by atoms with E-state index in [0.717, 1.165) is 12.1 Å². The van der Waals surface area contributed by atoms with Crippen LogP contribution in [-0.4, -0.2) is 10.7 Å². The van der Waals surface area contributed by atoms with Crippen molar-refractivity contribution in [2.24, 2.45) is 0 Å². The highest BCUT2D eigenvalue weighted by Crippen LogP contribution is 2.31. The number of nitrogens with zero attached hydrogens (tertiary/aromatic N) is 1. The Labute approximate surface area is 116 Å².